The van der Waals surface area contributed by atoms with Crippen molar-refractivity contribution in [3.05, 3.63) is 60.7 Å². The topological polar surface area (TPSA) is 0 Å². The van der Waals surface area contributed by atoms with Crippen molar-refractivity contribution in [2.75, 3.05) is 0 Å². The fourth-order valence-electron chi connectivity index (χ4n) is 2.67. The minimum atomic E-state index is 0. The van der Waals surface area contributed by atoms with Crippen molar-refractivity contribution in [1.82, 2.24) is 0 Å². The first-order chi connectivity index (χ1) is 7.93. The van der Waals surface area contributed by atoms with Crippen LogP contribution in [0, 0.1) is 0 Å². The van der Waals surface area contributed by atoms with E-state index in [9.17, 15) is 0 Å². The molecule has 1 heteroatoms. The van der Waals surface area contributed by atoms with Gasteiger partial charge in [0.25, 0.3) is 0 Å². The Morgan fingerprint density at radius 2 is 0.706 bits per heavy atom. The van der Waals surface area contributed by atoms with E-state index >= 15 is 0 Å². The monoisotopic (exact) mass is 242 g/mol. The van der Waals surface area contributed by atoms with E-state index < -0.39 is 0 Å². The van der Waals surface area contributed by atoms with E-state index in [1.54, 1.807) is 0 Å². The average Bonchev–Trinajstić information content (AvgIpc) is 2.36. The second-order valence-electron chi connectivity index (χ2n) is 4.29. The molecule has 0 aliphatic rings. The molecule has 0 bridgehead atoms. The Morgan fingerprint density at radius 3 is 1.00 bits per heavy atom. The molecule has 4 aromatic rings. The summed E-state index contributed by atoms with van der Waals surface area (Å²) in [5, 5.41) is 8.14. The zero-order valence-electron chi connectivity index (χ0n) is 8.77. The van der Waals surface area contributed by atoms with Gasteiger partial charge in [-0.3, -0.25) is 0 Å². The molecule has 76 valence electrons. The van der Waals surface area contributed by atoms with Gasteiger partial charge >= 0.3 is 51.4 Å². The van der Waals surface area contributed by atoms with Gasteiger partial charge in [-0.25, -0.2) is 0 Å². The van der Waals surface area contributed by atoms with Gasteiger partial charge in [0.1, 0.15) is 0 Å². The second-order valence-corrected chi connectivity index (χ2v) is 4.29. The predicted octanol–water partition coefficient (Wildman–Crippen LogP) is 3.94. The SMILES string of the molecule is [KH].c1cc2ccc3cccc4ccc(c1)c2c34. The van der Waals surface area contributed by atoms with Crippen LogP contribution in [0.1, 0.15) is 0 Å². The Labute approximate surface area is 142 Å². The van der Waals surface area contributed by atoms with Crippen LogP contribution in [0.4, 0.5) is 0 Å². The molecule has 0 aromatic heterocycles. The molecule has 17 heavy (non-hydrogen) atoms. The van der Waals surface area contributed by atoms with Crippen LogP contribution in [0.2, 0.25) is 0 Å². The van der Waals surface area contributed by atoms with E-state index in [2.05, 4.69) is 60.7 Å². The van der Waals surface area contributed by atoms with Crippen molar-refractivity contribution >= 4 is 83.7 Å². The largest absolute Gasteiger partial charge is 0.0610 e. The Balaban J connectivity index is 0.000000902. The molecule has 0 N–H and O–H groups in total. The molecule has 0 spiro atoms. The van der Waals surface area contributed by atoms with Gasteiger partial charge in [-0.05, 0) is 32.3 Å². The van der Waals surface area contributed by atoms with Crippen LogP contribution in [0.25, 0.3) is 32.3 Å². The van der Waals surface area contributed by atoms with Gasteiger partial charge in [-0.1, -0.05) is 60.7 Å². The molecule has 0 amide bonds. The minimum Gasteiger partial charge on any atom is -0.0610 e. The number of hydrogen-bond acceptors (Lipinski definition) is 0. The summed E-state index contributed by atoms with van der Waals surface area (Å²) < 4.78 is 0. The molecule has 0 saturated heterocycles. The smallest absolute Gasteiger partial charge is 0.00268 e. The van der Waals surface area contributed by atoms with Crippen molar-refractivity contribution in [2.45, 2.75) is 0 Å². The van der Waals surface area contributed by atoms with Crippen molar-refractivity contribution < 1.29 is 0 Å². The molecule has 0 heterocycles. The molecular formula is C16H11K. The maximum Gasteiger partial charge on any atom is -0.00268 e. The molecule has 0 atom stereocenters. The first kappa shape index (κ1) is 11.6. The Bertz CT molecular complexity index is 672. The number of hydrogen-bond donors (Lipinski definition) is 0. The van der Waals surface area contributed by atoms with Gasteiger partial charge in [0.15, 0.2) is 0 Å². The van der Waals surface area contributed by atoms with E-state index in [1.807, 2.05) is 0 Å². The summed E-state index contributed by atoms with van der Waals surface area (Å²) in [5.74, 6) is 0. The fraction of sp³-hybridized carbons (Fsp3) is 0. The molecule has 0 fully saturated rings. The van der Waals surface area contributed by atoms with Crippen molar-refractivity contribution in [3.63, 3.8) is 0 Å². The molecule has 0 nitrogen and oxygen atoms in total. The normalized spacial score (nSPS) is 11.1. The molecule has 0 aliphatic carbocycles. The van der Waals surface area contributed by atoms with Gasteiger partial charge in [0, 0.05) is 0 Å². The van der Waals surface area contributed by atoms with Crippen LogP contribution < -0.4 is 0 Å². The molecule has 0 radical (unpaired) electrons. The van der Waals surface area contributed by atoms with E-state index in [0.717, 1.165) is 0 Å². The van der Waals surface area contributed by atoms with Crippen molar-refractivity contribution in [3.8, 4) is 0 Å². The molecule has 0 saturated carbocycles. The predicted molar refractivity (Wildman–Crippen MR) is 77.3 cm³/mol. The third kappa shape index (κ3) is 1.66. The summed E-state index contributed by atoms with van der Waals surface area (Å²) in [4.78, 5) is 0. The van der Waals surface area contributed by atoms with Crippen LogP contribution >= 0.6 is 0 Å². The van der Waals surface area contributed by atoms with Crippen molar-refractivity contribution in [2.24, 2.45) is 0 Å². The Morgan fingerprint density at radius 1 is 0.412 bits per heavy atom. The van der Waals surface area contributed by atoms with E-state index in [1.165, 1.54) is 32.3 Å². The van der Waals surface area contributed by atoms with E-state index in [4.69, 9.17) is 0 Å². The molecular weight excluding hydrogens is 231 g/mol. The van der Waals surface area contributed by atoms with E-state index in [0.29, 0.717) is 0 Å². The molecule has 0 unspecified atom stereocenters. The maximum absolute atomic E-state index is 2.21. The maximum atomic E-state index is 2.21. The standard InChI is InChI=1S/C16H10.K.H/c1-3-11-7-9-13-5-2-6-14-10-8-12(4-1)15(11)16(13)14;;/h1-10H;;. The first-order valence-electron chi connectivity index (χ1n) is 5.56. The first-order valence-corrected chi connectivity index (χ1v) is 5.56. The summed E-state index contributed by atoms with van der Waals surface area (Å²) in [6.45, 7) is 0. The van der Waals surface area contributed by atoms with Crippen LogP contribution in [0.3, 0.4) is 0 Å². The Hall–Kier alpha value is -0.444. The summed E-state index contributed by atoms with van der Waals surface area (Å²) >= 11 is 0. The van der Waals surface area contributed by atoms with Crippen LogP contribution in [0.5, 0.6) is 0 Å². The molecule has 4 aromatic carbocycles. The average molecular weight is 242 g/mol. The Kier molecular flexibility index (Phi) is 2.97. The minimum absolute atomic E-state index is 0. The molecule has 0 aliphatic heterocycles. The van der Waals surface area contributed by atoms with E-state index in [-0.39, 0.29) is 51.4 Å². The zero-order chi connectivity index (χ0) is 10.5. The summed E-state index contributed by atoms with van der Waals surface area (Å²) in [5.41, 5.74) is 0. The summed E-state index contributed by atoms with van der Waals surface area (Å²) in [7, 11) is 0. The summed E-state index contributed by atoms with van der Waals surface area (Å²) in [6, 6.07) is 21.9. The van der Waals surface area contributed by atoms with Crippen LogP contribution in [0.15, 0.2) is 60.7 Å². The van der Waals surface area contributed by atoms with Crippen LogP contribution in [-0.2, 0) is 0 Å². The third-order valence-electron chi connectivity index (χ3n) is 3.39. The number of rotatable bonds is 0. The molecule has 4 rings (SSSR count). The fourth-order valence-corrected chi connectivity index (χ4v) is 2.67. The van der Waals surface area contributed by atoms with Crippen LogP contribution in [-0.4, -0.2) is 51.4 Å². The van der Waals surface area contributed by atoms with Gasteiger partial charge in [0.05, 0.1) is 0 Å². The third-order valence-corrected chi connectivity index (χ3v) is 3.39. The van der Waals surface area contributed by atoms with Gasteiger partial charge in [0.2, 0.25) is 0 Å². The number of benzene rings is 4. The van der Waals surface area contributed by atoms with Gasteiger partial charge in [-0.2, -0.15) is 0 Å². The second kappa shape index (κ2) is 4.34. The quantitative estimate of drug-likeness (QED) is 0.324. The summed E-state index contributed by atoms with van der Waals surface area (Å²) in [6.07, 6.45) is 0. The van der Waals surface area contributed by atoms with Crippen molar-refractivity contribution in [1.29, 1.82) is 0 Å². The van der Waals surface area contributed by atoms with Gasteiger partial charge < -0.3 is 0 Å². The van der Waals surface area contributed by atoms with Gasteiger partial charge in [-0.15, -0.1) is 0 Å². The zero-order valence-corrected chi connectivity index (χ0v) is 8.77.